The summed E-state index contributed by atoms with van der Waals surface area (Å²) in [5.41, 5.74) is -1.40. The number of nitrogens with zero attached hydrogens (tertiary/aromatic N) is 3. The quantitative estimate of drug-likeness (QED) is 0.794. The second kappa shape index (κ2) is 5.81. The molecule has 0 heterocycles. The highest BCUT2D eigenvalue weighted by Gasteiger charge is 2.14. The van der Waals surface area contributed by atoms with Crippen molar-refractivity contribution in [3.8, 4) is 18.2 Å². The highest BCUT2D eigenvalue weighted by atomic mass is 19.1. The number of carboxylic acid groups (broad SMARTS) is 1. The van der Waals surface area contributed by atoms with E-state index in [-0.39, 0.29) is 5.69 Å². The Hall–Kier alpha value is -3.37. The summed E-state index contributed by atoms with van der Waals surface area (Å²) in [6.07, 6.45) is 0. The number of nitrogens with one attached hydrogen (secondary N) is 1. The molecule has 1 aromatic carbocycles. The molecule has 6 nitrogen and oxygen atoms in total. The molecule has 0 radical (unpaired) electrons. The first-order chi connectivity index (χ1) is 9.03. The maximum Gasteiger partial charge on any atom is 0.337 e. The lowest BCUT2D eigenvalue weighted by Gasteiger charge is -2.08. The molecule has 0 bridgehead atoms. The van der Waals surface area contributed by atoms with Gasteiger partial charge in [-0.3, -0.25) is 0 Å². The molecule has 0 atom stereocenters. The topological polar surface area (TPSA) is 121 Å². The van der Waals surface area contributed by atoms with Crippen LogP contribution in [0.4, 0.5) is 10.1 Å². The number of anilines is 1. The monoisotopic (exact) mass is 256 g/mol. The molecule has 0 amide bonds. The Balaban J connectivity index is 3.32. The van der Waals surface area contributed by atoms with Crippen LogP contribution in [0, 0.1) is 39.8 Å². The van der Waals surface area contributed by atoms with Crippen LogP contribution in [0.5, 0.6) is 0 Å². The van der Waals surface area contributed by atoms with E-state index in [1.165, 1.54) is 12.1 Å². The van der Waals surface area contributed by atoms with Gasteiger partial charge in [-0.25, -0.2) is 9.18 Å². The molecule has 7 heteroatoms. The second-order valence-corrected chi connectivity index (χ2v) is 3.21. The van der Waals surface area contributed by atoms with Gasteiger partial charge in [0.05, 0.1) is 11.3 Å². The van der Waals surface area contributed by atoms with Crippen LogP contribution in [-0.4, -0.2) is 11.1 Å². The lowest BCUT2D eigenvalue weighted by Crippen LogP contribution is -2.07. The largest absolute Gasteiger partial charge is 0.478 e. The first-order valence-electron chi connectivity index (χ1n) is 4.78. The average Bonchev–Trinajstić information content (AvgIpc) is 2.40. The molecule has 0 spiro atoms. The Morgan fingerprint density at radius 2 is 1.84 bits per heavy atom. The minimum Gasteiger partial charge on any atom is -0.478 e. The van der Waals surface area contributed by atoms with Crippen molar-refractivity contribution in [3.63, 3.8) is 0 Å². The first kappa shape index (κ1) is 13.7. The number of hydrogen-bond acceptors (Lipinski definition) is 5. The van der Waals surface area contributed by atoms with E-state index in [1.807, 2.05) is 0 Å². The molecule has 0 saturated carbocycles. The lowest BCUT2D eigenvalue weighted by atomic mass is 10.1. The molecule has 0 aliphatic carbocycles. The molecule has 1 aromatic rings. The summed E-state index contributed by atoms with van der Waals surface area (Å²) in [7, 11) is 0. The first-order valence-corrected chi connectivity index (χ1v) is 4.78. The average molecular weight is 256 g/mol. The minimum atomic E-state index is -1.41. The van der Waals surface area contributed by atoms with Gasteiger partial charge in [-0.2, -0.15) is 15.8 Å². The summed E-state index contributed by atoms with van der Waals surface area (Å²) >= 11 is 0. The van der Waals surface area contributed by atoms with E-state index in [2.05, 4.69) is 5.32 Å². The zero-order chi connectivity index (χ0) is 14.4. The number of carbonyl (C=O) groups is 1. The molecule has 0 unspecified atom stereocenters. The molecule has 0 aliphatic rings. The van der Waals surface area contributed by atoms with E-state index < -0.39 is 28.6 Å². The fourth-order valence-electron chi connectivity index (χ4n) is 1.22. The number of hydrogen-bond donors (Lipinski definition) is 2. The van der Waals surface area contributed by atoms with E-state index in [0.29, 0.717) is 0 Å². The predicted octanol–water partition coefficient (Wildman–Crippen LogP) is 1.76. The zero-order valence-corrected chi connectivity index (χ0v) is 9.31. The van der Waals surface area contributed by atoms with Crippen molar-refractivity contribution in [2.24, 2.45) is 0 Å². The smallest absolute Gasteiger partial charge is 0.337 e. The number of nitriles is 3. The Labute approximate surface area is 107 Å². The van der Waals surface area contributed by atoms with Gasteiger partial charge in [0.25, 0.3) is 0 Å². The van der Waals surface area contributed by atoms with Crippen LogP contribution in [0.1, 0.15) is 10.4 Å². The molecule has 2 N–H and O–H groups in total. The van der Waals surface area contributed by atoms with Crippen LogP contribution >= 0.6 is 0 Å². The molecule has 0 aliphatic heterocycles. The molecular formula is C12H5FN4O2. The molecule has 92 valence electrons. The number of benzene rings is 1. The third-order valence-corrected chi connectivity index (χ3v) is 2.06. The van der Waals surface area contributed by atoms with Gasteiger partial charge in [0.2, 0.25) is 0 Å². The Bertz CT molecular complexity index is 673. The predicted molar refractivity (Wildman–Crippen MR) is 60.8 cm³/mol. The van der Waals surface area contributed by atoms with Gasteiger partial charge >= 0.3 is 5.97 Å². The van der Waals surface area contributed by atoms with Gasteiger partial charge in [-0.05, 0) is 18.2 Å². The minimum absolute atomic E-state index is 0.0894. The van der Waals surface area contributed by atoms with Crippen molar-refractivity contribution in [2.75, 3.05) is 5.32 Å². The maximum absolute atomic E-state index is 12.9. The van der Waals surface area contributed by atoms with Crippen LogP contribution in [0.15, 0.2) is 29.5 Å². The van der Waals surface area contributed by atoms with E-state index in [4.69, 9.17) is 20.9 Å². The van der Waals surface area contributed by atoms with Gasteiger partial charge < -0.3 is 10.4 Å². The van der Waals surface area contributed by atoms with Crippen LogP contribution in [0.25, 0.3) is 0 Å². The number of halogens is 1. The third kappa shape index (κ3) is 3.06. The van der Waals surface area contributed by atoms with E-state index in [1.54, 1.807) is 6.07 Å². The Morgan fingerprint density at radius 3 is 2.32 bits per heavy atom. The van der Waals surface area contributed by atoms with E-state index in [9.17, 15) is 9.18 Å². The molecule has 0 saturated heterocycles. The van der Waals surface area contributed by atoms with Crippen molar-refractivity contribution in [2.45, 2.75) is 0 Å². The van der Waals surface area contributed by atoms with Gasteiger partial charge in [-0.1, -0.05) is 0 Å². The highest BCUT2D eigenvalue weighted by Crippen LogP contribution is 2.19. The summed E-state index contributed by atoms with van der Waals surface area (Å²) < 4.78 is 12.9. The van der Waals surface area contributed by atoms with Crippen molar-refractivity contribution < 1.29 is 14.3 Å². The molecular weight excluding hydrogens is 251 g/mol. The summed E-state index contributed by atoms with van der Waals surface area (Å²) in [5.74, 6) is -2.17. The fraction of sp³-hybridized carbons (Fsp3) is 0. The summed E-state index contributed by atoms with van der Waals surface area (Å²) in [5, 5.41) is 37.3. The Kier molecular flexibility index (Phi) is 4.19. The van der Waals surface area contributed by atoms with E-state index in [0.717, 1.165) is 18.2 Å². The van der Waals surface area contributed by atoms with Gasteiger partial charge in [-0.15, -0.1) is 0 Å². The second-order valence-electron chi connectivity index (χ2n) is 3.21. The Morgan fingerprint density at radius 1 is 1.21 bits per heavy atom. The maximum atomic E-state index is 12.9. The van der Waals surface area contributed by atoms with Crippen molar-refractivity contribution in [1.82, 2.24) is 0 Å². The van der Waals surface area contributed by atoms with Gasteiger partial charge in [0.1, 0.15) is 29.7 Å². The third-order valence-electron chi connectivity index (χ3n) is 2.06. The lowest BCUT2D eigenvalue weighted by molar-refractivity contribution is 0.0697. The number of allylic oxidation sites excluding steroid dienone is 2. The molecule has 1 rings (SSSR count). The van der Waals surface area contributed by atoms with Gasteiger partial charge in [0, 0.05) is 0 Å². The highest BCUT2D eigenvalue weighted by molar-refractivity contribution is 5.94. The van der Waals surface area contributed by atoms with Gasteiger partial charge in [0.15, 0.2) is 5.57 Å². The standard InChI is InChI=1S/C12H5FN4O2/c13-8-1-2-10(9(3-8)12(18)19)17-11(6-16)7(4-14)5-15/h1-3,17H,(H,18,19). The molecule has 19 heavy (non-hydrogen) atoms. The summed E-state index contributed by atoms with van der Waals surface area (Å²) in [4.78, 5) is 10.9. The van der Waals surface area contributed by atoms with Crippen LogP contribution in [-0.2, 0) is 0 Å². The number of aromatic carboxylic acids is 1. The number of carboxylic acids is 1. The van der Waals surface area contributed by atoms with Crippen molar-refractivity contribution >= 4 is 11.7 Å². The molecule has 0 fully saturated rings. The zero-order valence-electron chi connectivity index (χ0n) is 9.31. The van der Waals surface area contributed by atoms with Crippen molar-refractivity contribution in [3.05, 3.63) is 40.8 Å². The van der Waals surface area contributed by atoms with Crippen LogP contribution < -0.4 is 5.32 Å². The molecule has 0 aromatic heterocycles. The SMILES string of the molecule is N#CC(C#N)=C(C#N)Nc1ccc(F)cc1C(=O)O. The van der Waals surface area contributed by atoms with Crippen LogP contribution in [0.2, 0.25) is 0 Å². The number of rotatable bonds is 3. The summed E-state index contributed by atoms with van der Waals surface area (Å²) in [6, 6.07) is 7.41. The normalized spacial score (nSPS) is 8.53. The van der Waals surface area contributed by atoms with E-state index >= 15 is 0 Å². The summed E-state index contributed by atoms with van der Waals surface area (Å²) in [6.45, 7) is 0. The fourth-order valence-corrected chi connectivity index (χ4v) is 1.22. The van der Waals surface area contributed by atoms with Crippen molar-refractivity contribution in [1.29, 1.82) is 15.8 Å². The van der Waals surface area contributed by atoms with Crippen LogP contribution in [0.3, 0.4) is 0 Å².